The lowest BCUT2D eigenvalue weighted by Gasteiger charge is -2.19. The summed E-state index contributed by atoms with van der Waals surface area (Å²) < 4.78 is 33.4. The molecule has 1 aliphatic carbocycles. The Balaban J connectivity index is 1.22. The van der Waals surface area contributed by atoms with Crippen LogP contribution >= 0.6 is 0 Å². The molecule has 1 aliphatic heterocycles. The van der Waals surface area contributed by atoms with E-state index in [1.807, 2.05) is 18.2 Å². The van der Waals surface area contributed by atoms with Gasteiger partial charge in [0, 0.05) is 30.2 Å². The van der Waals surface area contributed by atoms with Gasteiger partial charge < -0.3 is 15.1 Å². The number of carbonyl (C=O) groups is 2. The first-order chi connectivity index (χ1) is 16.3. The van der Waals surface area contributed by atoms with Crippen molar-refractivity contribution in [2.75, 3.05) is 18.4 Å². The highest BCUT2D eigenvalue weighted by molar-refractivity contribution is 7.89. The smallest absolute Gasteiger partial charge is 0.291 e. The molecule has 2 fully saturated rings. The Morgan fingerprint density at radius 2 is 1.71 bits per heavy atom. The Hall–Kier alpha value is -3.43. The second-order valence-corrected chi connectivity index (χ2v) is 10.8. The van der Waals surface area contributed by atoms with E-state index in [1.165, 1.54) is 22.5 Å². The van der Waals surface area contributed by atoms with Crippen LogP contribution in [0.5, 0.6) is 0 Å². The fourth-order valence-electron chi connectivity index (χ4n) is 4.98. The number of amides is 2. The molecule has 0 spiro atoms. The van der Waals surface area contributed by atoms with Crippen molar-refractivity contribution in [3.63, 3.8) is 0 Å². The number of nitrogens with zero attached hydrogens (tertiary/aromatic N) is 1. The maximum absolute atomic E-state index is 13.2. The highest BCUT2D eigenvalue weighted by atomic mass is 32.2. The number of para-hydroxylation sites is 1. The number of anilines is 1. The lowest BCUT2D eigenvalue weighted by Crippen LogP contribution is -2.35. The van der Waals surface area contributed by atoms with Crippen LogP contribution in [0.1, 0.15) is 23.4 Å². The lowest BCUT2D eigenvalue weighted by molar-refractivity contribution is -0.117. The molecule has 1 aromatic heterocycles. The van der Waals surface area contributed by atoms with E-state index in [0.29, 0.717) is 24.4 Å². The molecule has 8 nitrogen and oxygen atoms in total. The normalized spacial score (nSPS) is 22.4. The lowest BCUT2D eigenvalue weighted by atomic mass is 10.0. The van der Waals surface area contributed by atoms with Gasteiger partial charge in [-0.1, -0.05) is 24.8 Å². The maximum Gasteiger partial charge on any atom is 0.291 e. The molecule has 0 radical (unpaired) electrons. The average molecular weight is 480 g/mol. The van der Waals surface area contributed by atoms with Crippen molar-refractivity contribution in [1.29, 1.82) is 0 Å². The second kappa shape index (κ2) is 8.73. The highest BCUT2D eigenvalue weighted by Gasteiger charge is 2.45. The summed E-state index contributed by atoms with van der Waals surface area (Å²) in [4.78, 5) is 24.3. The summed E-state index contributed by atoms with van der Waals surface area (Å²) in [7, 11) is -3.64. The summed E-state index contributed by atoms with van der Waals surface area (Å²) >= 11 is 0. The van der Waals surface area contributed by atoms with Crippen LogP contribution in [0.15, 0.2) is 76.6 Å². The van der Waals surface area contributed by atoms with E-state index in [-0.39, 0.29) is 34.4 Å². The summed E-state index contributed by atoms with van der Waals surface area (Å²) in [5.41, 5.74) is 1.10. The van der Waals surface area contributed by atoms with E-state index in [9.17, 15) is 18.0 Å². The van der Waals surface area contributed by atoms with Gasteiger partial charge in [0.25, 0.3) is 5.91 Å². The van der Waals surface area contributed by atoms with Gasteiger partial charge in [0.15, 0.2) is 5.76 Å². The van der Waals surface area contributed by atoms with E-state index >= 15 is 0 Å². The molecular formula is C25H25N3O5S. The molecule has 5 rings (SSSR count). The van der Waals surface area contributed by atoms with Gasteiger partial charge >= 0.3 is 0 Å². The van der Waals surface area contributed by atoms with Crippen LogP contribution in [-0.2, 0) is 14.8 Å². The van der Waals surface area contributed by atoms with Crippen molar-refractivity contribution in [3.05, 3.63) is 73.0 Å². The number of nitrogens with one attached hydrogen (secondary N) is 2. The second-order valence-electron chi connectivity index (χ2n) is 8.85. The predicted molar refractivity (Wildman–Crippen MR) is 128 cm³/mol. The van der Waals surface area contributed by atoms with Gasteiger partial charge in [-0.05, 0) is 67.2 Å². The number of furan rings is 1. The SMILES string of the molecule is C=CC(=O)NC1CC2CN(S(=O)(=O)c3ccc(NC(=O)c4cc5ccccc5o4)cc3)CC2C1. The van der Waals surface area contributed by atoms with Crippen LogP contribution in [0, 0.1) is 11.8 Å². The molecule has 2 unspecified atom stereocenters. The average Bonchev–Trinajstić information content (AvgIpc) is 3.52. The van der Waals surface area contributed by atoms with Gasteiger partial charge in [0.2, 0.25) is 15.9 Å². The first-order valence-electron chi connectivity index (χ1n) is 11.2. The summed E-state index contributed by atoms with van der Waals surface area (Å²) in [6, 6.07) is 15.2. The largest absolute Gasteiger partial charge is 0.451 e. The summed E-state index contributed by atoms with van der Waals surface area (Å²) in [5.74, 6) is 0.0443. The zero-order valence-corrected chi connectivity index (χ0v) is 19.3. The molecule has 2 aromatic carbocycles. The van der Waals surface area contributed by atoms with Crippen molar-refractivity contribution >= 4 is 38.5 Å². The number of rotatable bonds is 6. The molecule has 0 bridgehead atoms. The molecule has 176 valence electrons. The third-order valence-corrected chi connectivity index (χ3v) is 8.49. The summed E-state index contributed by atoms with van der Waals surface area (Å²) in [6.07, 6.45) is 2.79. The molecular weight excluding hydrogens is 454 g/mol. The molecule has 2 amide bonds. The van der Waals surface area contributed by atoms with E-state index in [4.69, 9.17) is 4.42 Å². The number of hydrogen-bond acceptors (Lipinski definition) is 5. The van der Waals surface area contributed by atoms with Crippen LogP contribution in [0.3, 0.4) is 0 Å². The Kier molecular flexibility index (Phi) is 5.75. The minimum absolute atomic E-state index is 0.0694. The van der Waals surface area contributed by atoms with Crippen LogP contribution in [-0.4, -0.2) is 43.7 Å². The number of sulfonamides is 1. The number of benzene rings is 2. The number of fused-ring (bicyclic) bond motifs is 2. The van der Waals surface area contributed by atoms with Crippen molar-refractivity contribution in [3.8, 4) is 0 Å². The Labute approximate surface area is 197 Å². The van der Waals surface area contributed by atoms with Gasteiger partial charge in [-0.2, -0.15) is 4.31 Å². The minimum Gasteiger partial charge on any atom is -0.451 e. The molecule has 1 saturated heterocycles. The quantitative estimate of drug-likeness (QED) is 0.527. The predicted octanol–water partition coefficient (Wildman–Crippen LogP) is 3.39. The fourth-order valence-corrected chi connectivity index (χ4v) is 6.53. The van der Waals surface area contributed by atoms with Gasteiger partial charge in [0.1, 0.15) is 5.58 Å². The zero-order valence-electron chi connectivity index (χ0n) is 18.4. The van der Waals surface area contributed by atoms with Gasteiger partial charge in [-0.15, -0.1) is 0 Å². The molecule has 3 aromatic rings. The number of hydrogen-bond donors (Lipinski definition) is 2. The molecule has 2 N–H and O–H groups in total. The van der Waals surface area contributed by atoms with Gasteiger partial charge in [0.05, 0.1) is 4.90 Å². The van der Waals surface area contributed by atoms with E-state index < -0.39 is 15.9 Å². The maximum atomic E-state index is 13.2. The molecule has 1 saturated carbocycles. The van der Waals surface area contributed by atoms with Crippen LogP contribution < -0.4 is 10.6 Å². The molecule has 2 aliphatic rings. The van der Waals surface area contributed by atoms with Crippen molar-refractivity contribution in [1.82, 2.24) is 9.62 Å². The molecule has 34 heavy (non-hydrogen) atoms. The third kappa shape index (κ3) is 4.24. The van der Waals surface area contributed by atoms with Crippen LogP contribution in [0.25, 0.3) is 11.0 Å². The van der Waals surface area contributed by atoms with Crippen molar-refractivity contribution in [2.24, 2.45) is 11.8 Å². The third-order valence-electron chi connectivity index (χ3n) is 6.65. The molecule has 2 atom stereocenters. The first kappa shape index (κ1) is 22.4. The molecule has 9 heteroatoms. The Morgan fingerprint density at radius 1 is 1.03 bits per heavy atom. The monoisotopic (exact) mass is 479 g/mol. The van der Waals surface area contributed by atoms with Crippen molar-refractivity contribution in [2.45, 2.75) is 23.8 Å². The minimum atomic E-state index is -3.64. The molecule has 2 heterocycles. The first-order valence-corrected chi connectivity index (χ1v) is 12.6. The number of carbonyl (C=O) groups excluding carboxylic acids is 2. The van der Waals surface area contributed by atoms with Gasteiger partial charge in [-0.3, -0.25) is 9.59 Å². The van der Waals surface area contributed by atoms with E-state index in [0.717, 1.165) is 18.2 Å². The zero-order chi connectivity index (χ0) is 23.9. The van der Waals surface area contributed by atoms with Crippen LogP contribution in [0.2, 0.25) is 0 Å². The highest BCUT2D eigenvalue weighted by Crippen LogP contribution is 2.40. The fraction of sp³-hybridized carbons (Fsp3) is 0.280. The van der Waals surface area contributed by atoms with Crippen molar-refractivity contribution < 1.29 is 22.4 Å². The summed E-state index contributed by atoms with van der Waals surface area (Å²) in [5, 5.41) is 6.49. The Morgan fingerprint density at radius 3 is 2.35 bits per heavy atom. The van der Waals surface area contributed by atoms with E-state index in [1.54, 1.807) is 24.3 Å². The van der Waals surface area contributed by atoms with Crippen LogP contribution in [0.4, 0.5) is 5.69 Å². The van der Waals surface area contributed by atoms with E-state index in [2.05, 4.69) is 17.2 Å². The standard InChI is InChI=1S/C25H25N3O5S/c1-2-24(29)26-20-11-17-14-28(15-18(17)12-20)34(31,32)21-9-7-19(8-10-21)27-25(30)23-13-16-5-3-4-6-22(16)33-23/h2-10,13,17-18,20H,1,11-12,14-15H2,(H,26,29)(H,27,30). The topological polar surface area (TPSA) is 109 Å². The van der Waals surface area contributed by atoms with Gasteiger partial charge in [-0.25, -0.2) is 8.42 Å². The Bertz CT molecular complexity index is 1320. The summed E-state index contributed by atoms with van der Waals surface area (Å²) in [6.45, 7) is 4.36.